The van der Waals surface area contributed by atoms with Crippen LogP contribution in [0.25, 0.3) is 0 Å². The van der Waals surface area contributed by atoms with E-state index < -0.39 is 0 Å². The lowest BCUT2D eigenvalue weighted by molar-refractivity contribution is 0.336. The van der Waals surface area contributed by atoms with E-state index in [4.69, 9.17) is 4.74 Å². The summed E-state index contributed by atoms with van der Waals surface area (Å²) in [4.78, 5) is 6.86. The number of rotatable bonds is 9. The lowest BCUT2D eigenvalue weighted by Crippen LogP contribution is -2.38. The molecule has 2 N–H and O–H groups in total. The van der Waals surface area contributed by atoms with Gasteiger partial charge in [0.2, 0.25) is 0 Å². The van der Waals surface area contributed by atoms with Gasteiger partial charge in [-0.1, -0.05) is 12.1 Å². The quantitative estimate of drug-likeness (QED) is 0.417. The monoisotopic (exact) mass is 320 g/mol. The molecular weight excluding hydrogens is 288 g/mol. The van der Waals surface area contributed by atoms with Crippen molar-refractivity contribution in [3.05, 3.63) is 29.3 Å². The summed E-state index contributed by atoms with van der Waals surface area (Å²) in [6, 6.07) is 6.27. The van der Waals surface area contributed by atoms with Gasteiger partial charge in [0.05, 0.1) is 13.2 Å². The zero-order valence-electron chi connectivity index (χ0n) is 15.3. The minimum atomic E-state index is 0.610. The predicted molar refractivity (Wildman–Crippen MR) is 98.3 cm³/mol. The molecule has 1 aromatic carbocycles. The molecule has 0 atom stereocenters. The van der Waals surface area contributed by atoms with Gasteiger partial charge >= 0.3 is 0 Å². The van der Waals surface area contributed by atoms with Crippen LogP contribution in [0.15, 0.2) is 23.2 Å². The molecule has 0 fully saturated rings. The molecular formula is C18H32N4O. The Bertz CT molecular complexity index is 486. The third-order valence-corrected chi connectivity index (χ3v) is 3.35. The fraction of sp³-hybridized carbons (Fsp3) is 0.611. The smallest absolute Gasteiger partial charge is 0.191 e. The highest BCUT2D eigenvalue weighted by Crippen LogP contribution is 2.21. The van der Waals surface area contributed by atoms with E-state index in [0.29, 0.717) is 13.2 Å². The van der Waals surface area contributed by atoms with Crippen molar-refractivity contribution in [2.45, 2.75) is 33.7 Å². The Hall–Kier alpha value is -1.75. The van der Waals surface area contributed by atoms with Gasteiger partial charge in [0, 0.05) is 18.7 Å². The first-order valence-corrected chi connectivity index (χ1v) is 8.46. The van der Waals surface area contributed by atoms with Crippen LogP contribution in [0, 0.1) is 6.92 Å². The van der Waals surface area contributed by atoms with Crippen LogP contribution in [-0.4, -0.2) is 51.2 Å². The van der Waals surface area contributed by atoms with Gasteiger partial charge in [-0.05, 0) is 59.5 Å². The van der Waals surface area contributed by atoms with E-state index in [9.17, 15) is 0 Å². The summed E-state index contributed by atoms with van der Waals surface area (Å²) in [5.41, 5.74) is 2.32. The Morgan fingerprint density at radius 1 is 1.22 bits per heavy atom. The number of ether oxygens (including phenoxy) is 1. The van der Waals surface area contributed by atoms with E-state index in [-0.39, 0.29) is 0 Å². The van der Waals surface area contributed by atoms with Crippen LogP contribution in [0.5, 0.6) is 5.75 Å². The molecule has 23 heavy (non-hydrogen) atoms. The first kappa shape index (κ1) is 19.3. The van der Waals surface area contributed by atoms with Crippen LogP contribution in [0.3, 0.4) is 0 Å². The molecule has 5 heteroatoms. The second kappa shape index (κ2) is 10.9. The summed E-state index contributed by atoms with van der Waals surface area (Å²) in [7, 11) is 4.18. The summed E-state index contributed by atoms with van der Waals surface area (Å²) >= 11 is 0. The van der Waals surface area contributed by atoms with Gasteiger partial charge in [-0.2, -0.15) is 0 Å². The van der Waals surface area contributed by atoms with Crippen LogP contribution in [0.1, 0.15) is 31.4 Å². The summed E-state index contributed by atoms with van der Waals surface area (Å²) in [5.74, 6) is 1.79. The molecule has 0 radical (unpaired) electrons. The lowest BCUT2D eigenvalue weighted by atomic mass is 10.1. The van der Waals surface area contributed by atoms with Gasteiger partial charge in [-0.3, -0.25) is 0 Å². The molecule has 0 aromatic heterocycles. The predicted octanol–water partition coefficient (Wildman–Crippen LogP) is 2.40. The summed E-state index contributed by atoms with van der Waals surface area (Å²) < 4.78 is 5.72. The first-order valence-electron chi connectivity index (χ1n) is 8.46. The maximum absolute atomic E-state index is 5.72. The summed E-state index contributed by atoms with van der Waals surface area (Å²) in [6.45, 7) is 10.3. The van der Waals surface area contributed by atoms with Gasteiger partial charge in [0.1, 0.15) is 5.75 Å². The van der Waals surface area contributed by atoms with Crippen molar-refractivity contribution >= 4 is 5.96 Å². The zero-order chi connectivity index (χ0) is 17.1. The largest absolute Gasteiger partial charge is 0.494 e. The highest BCUT2D eigenvalue weighted by molar-refractivity contribution is 5.79. The number of aliphatic imine (C=N–C) groups is 1. The van der Waals surface area contributed by atoms with E-state index in [1.807, 2.05) is 6.92 Å². The van der Waals surface area contributed by atoms with E-state index >= 15 is 0 Å². The minimum Gasteiger partial charge on any atom is -0.494 e. The van der Waals surface area contributed by atoms with Crippen molar-refractivity contribution in [3.8, 4) is 5.75 Å². The molecule has 0 saturated carbocycles. The SMILES string of the molecule is CCNC(=NCc1ccc(C)cc1OCC)NCCCN(C)C. The highest BCUT2D eigenvalue weighted by atomic mass is 16.5. The lowest BCUT2D eigenvalue weighted by Gasteiger charge is -2.14. The second-order valence-corrected chi connectivity index (χ2v) is 5.82. The topological polar surface area (TPSA) is 48.9 Å². The Morgan fingerprint density at radius 3 is 2.65 bits per heavy atom. The minimum absolute atomic E-state index is 0.610. The summed E-state index contributed by atoms with van der Waals surface area (Å²) in [5, 5.41) is 6.67. The molecule has 0 aliphatic rings. The summed E-state index contributed by atoms with van der Waals surface area (Å²) in [6.07, 6.45) is 1.09. The van der Waals surface area contributed by atoms with E-state index in [1.165, 1.54) is 5.56 Å². The Morgan fingerprint density at radius 2 is 2.00 bits per heavy atom. The van der Waals surface area contributed by atoms with Crippen molar-refractivity contribution in [2.75, 3.05) is 40.3 Å². The number of hydrogen-bond donors (Lipinski definition) is 2. The van der Waals surface area contributed by atoms with Crippen LogP contribution < -0.4 is 15.4 Å². The Labute approximate surface area is 141 Å². The van der Waals surface area contributed by atoms with Crippen LogP contribution >= 0.6 is 0 Å². The van der Waals surface area contributed by atoms with Crippen LogP contribution in [-0.2, 0) is 6.54 Å². The van der Waals surface area contributed by atoms with Gasteiger partial charge in [0.15, 0.2) is 5.96 Å². The van der Waals surface area contributed by atoms with Crippen molar-refractivity contribution < 1.29 is 4.74 Å². The van der Waals surface area contributed by atoms with E-state index in [1.54, 1.807) is 0 Å². The maximum atomic E-state index is 5.72. The van der Waals surface area contributed by atoms with Crippen molar-refractivity contribution in [2.24, 2.45) is 4.99 Å². The third kappa shape index (κ3) is 7.88. The molecule has 0 unspecified atom stereocenters. The molecule has 0 bridgehead atoms. The second-order valence-electron chi connectivity index (χ2n) is 5.82. The molecule has 0 heterocycles. The van der Waals surface area contributed by atoms with Gasteiger partial charge in [-0.25, -0.2) is 4.99 Å². The maximum Gasteiger partial charge on any atom is 0.191 e. The van der Waals surface area contributed by atoms with Gasteiger partial charge < -0.3 is 20.3 Å². The molecule has 130 valence electrons. The number of aryl methyl sites for hydroxylation is 1. The van der Waals surface area contributed by atoms with Gasteiger partial charge in [-0.15, -0.1) is 0 Å². The highest BCUT2D eigenvalue weighted by Gasteiger charge is 2.04. The molecule has 1 rings (SSSR count). The number of nitrogens with one attached hydrogen (secondary N) is 2. The van der Waals surface area contributed by atoms with E-state index in [2.05, 4.69) is 66.7 Å². The van der Waals surface area contributed by atoms with Crippen molar-refractivity contribution in [1.82, 2.24) is 15.5 Å². The van der Waals surface area contributed by atoms with Crippen LogP contribution in [0.4, 0.5) is 0 Å². The molecule has 0 saturated heterocycles. The number of nitrogens with zero attached hydrogens (tertiary/aromatic N) is 2. The normalized spacial score (nSPS) is 11.7. The van der Waals surface area contributed by atoms with Crippen molar-refractivity contribution in [3.63, 3.8) is 0 Å². The standard InChI is InChI=1S/C18H32N4O/c1-6-19-18(20-11-8-12-22(4)5)21-14-16-10-9-15(3)13-17(16)23-7-2/h9-10,13H,6-8,11-12,14H2,1-5H3,(H2,19,20,21). The Kier molecular flexibility index (Phi) is 9.14. The molecule has 5 nitrogen and oxygen atoms in total. The van der Waals surface area contributed by atoms with E-state index in [0.717, 1.165) is 43.3 Å². The third-order valence-electron chi connectivity index (χ3n) is 3.35. The Balaban J connectivity index is 2.65. The number of guanidine groups is 1. The molecule has 0 amide bonds. The molecule has 0 aliphatic heterocycles. The average molecular weight is 320 g/mol. The average Bonchev–Trinajstić information content (AvgIpc) is 2.50. The fourth-order valence-corrected chi connectivity index (χ4v) is 2.19. The molecule has 0 spiro atoms. The zero-order valence-corrected chi connectivity index (χ0v) is 15.3. The molecule has 0 aliphatic carbocycles. The van der Waals surface area contributed by atoms with Gasteiger partial charge in [0.25, 0.3) is 0 Å². The molecule has 1 aromatic rings. The van der Waals surface area contributed by atoms with Crippen molar-refractivity contribution in [1.29, 1.82) is 0 Å². The fourth-order valence-electron chi connectivity index (χ4n) is 2.19. The first-order chi connectivity index (χ1) is 11.1. The van der Waals surface area contributed by atoms with Crippen LogP contribution in [0.2, 0.25) is 0 Å². The number of benzene rings is 1. The number of hydrogen-bond acceptors (Lipinski definition) is 3.